The largest absolute Gasteiger partial charge is 3.00 e. The fraction of sp³-hybridized carbons (Fsp3) is 0.0901. The first-order chi connectivity index (χ1) is 60.8. The molecule has 4 N–H and O–H groups in total. The Morgan fingerprint density at radius 3 is 0.835 bits per heavy atom. The minimum Gasteiger partial charge on any atom is -0.393 e. The zero-order valence-electron chi connectivity index (χ0n) is 70.1. The second-order valence-electron chi connectivity index (χ2n) is 28.7. The summed E-state index contributed by atoms with van der Waals surface area (Å²) in [6, 6.07) is 146. The second kappa shape index (κ2) is 51.3. The van der Waals surface area contributed by atoms with E-state index in [1.54, 1.807) is 50.4 Å². The number of rotatable bonds is 11. The van der Waals surface area contributed by atoms with Gasteiger partial charge in [-0.3, -0.25) is 9.97 Å². The Hall–Kier alpha value is -12.3. The second-order valence-corrected chi connectivity index (χ2v) is 30.8. The Kier molecular flexibility index (Phi) is 39.2. The van der Waals surface area contributed by atoms with E-state index in [1.807, 2.05) is 304 Å². The molecule has 0 spiro atoms. The zero-order chi connectivity index (χ0) is 85.9. The third kappa shape index (κ3) is 29.1. The van der Waals surface area contributed by atoms with Crippen LogP contribution < -0.4 is 0 Å². The van der Waals surface area contributed by atoms with Crippen LogP contribution in [0, 0.1) is 42.5 Å². The minimum absolute atomic E-state index is 0. The molecule has 0 saturated carbocycles. The molecule has 21 rings (SSSR count). The van der Waals surface area contributed by atoms with E-state index in [0.717, 1.165) is 88.5 Å². The van der Waals surface area contributed by atoms with Crippen LogP contribution in [0.2, 0.25) is 0 Å². The van der Waals surface area contributed by atoms with E-state index in [0.29, 0.717) is 12.8 Å². The van der Waals surface area contributed by atoms with Crippen LogP contribution in [0.5, 0.6) is 0 Å². The number of nitrogens with zero attached hydrogens (tertiary/aromatic N) is 7. The topological polar surface area (TPSA) is 171 Å². The predicted octanol–water partition coefficient (Wildman–Crippen LogP) is 26.3. The molecule has 0 saturated heterocycles. The molecule has 0 amide bonds. The van der Waals surface area contributed by atoms with E-state index < -0.39 is 0 Å². The van der Waals surface area contributed by atoms with Crippen LogP contribution >= 0.6 is 22.7 Å². The summed E-state index contributed by atoms with van der Waals surface area (Å²) in [5.74, 6) is 0. The molecule has 636 valence electrons. The smallest absolute Gasteiger partial charge is 0.393 e. The number of aliphatic hydroxyl groups excluding tert-OH is 4. The molecular weight excluding hydrogens is 2140 g/mol. The van der Waals surface area contributed by atoms with E-state index in [9.17, 15) is 0 Å². The molecule has 16 heteroatoms. The van der Waals surface area contributed by atoms with Crippen LogP contribution in [-0.4, -0.2) is 79.7 Å². The Balaban J connectivity index is 0.000000150. The van der Waals surface area contributed by atoms with E-state index in [4.69, 9.17) is 20.4 Å². The first kappa shape index (κ1) is 96.9. The van der Waals surface area contributed by atoms with Crippen LogP contribution in [-0.2, 0) is 60.3 Å². The van der Waals surface area contributed by atoms with Gasteiger partial charge >= 0.3 is 20.1 Å². The summed E-state index contributed by atoms with van der Waals surface area (Å²) in [5, 5.41) is 46.1. The quantitative estimate of drug-likeness (QED) is 0.0909. The Morgan fingerprint density at radius 2 is 0.543 bits per heavy atom. The number of benzene rings is 12. The molecule has 0 aliphatic heterocycles. The van der Waals surface area contributed by atoms with Crippen molar-refractivity contribution in [1.82, 2.24) is 34.9 Å². The van der Waals surface area contributed by atoms with Crippen molar-refractivity contribution >= 4 is 97.0 Å². The summed E-state index contributed by atoms with van der Waals surface area (Å²) in [4.78, 5) is 33.4. The van der Waals surface area contributed by atoms with Gasteiger partial charge in [0.2, 0.25) is 0 Å². The van der Waals surface area contributed by atoms with Crippen molar-refractivity contribution in [3.8, 4) is 77.4 Å². The van der Waals surface area contributed by atoms with Crippen molar-refractivity contribution in [2.75, 3.05) is 0 Å². The van der Waals surface area contributed by atoms with Crippen LogP contribution in [0.25, 0.3) is 152 Å². The molecule has 12 aromatic carbocycles. The molecule has 127 heavy (non-hydrogen) atoms. The molecule has 4 atom stereocenters. The number of para-hydroxylation sites is 2. The van der Waals surface area contributed by atoms with Gasteiger partial charge in [0.15, 0.2) is 0 Å². The van der Waals surface area contributed by atoms with Gasteiger partial charge in [-0.1, -0.05) is 182 Å². The summed E-state index contributed by atoms with van der Waals surface area (Å²) in [7, 11) is 0. The third-order valence-electron chi connectivity index (χ3n) is 18.9. The number of thiophene rings is 2. The Morgan fingerprint density at radius 1 is 0.260 bits per heavy atom. The van der Waals surface area contributed by atoms with Crippen molar-refractivity contribution < 1.29 is 80.7 Å². The van der Waals surface area contributed by atoms with Crippen LogP contribution in [0.15, 0.2) is 401 Å². The maximum Gasteiger partial charge on any atom is 3.00 e. The average molecular weight is 2230 g/mol. The normalized spacial score (nSPS) is 11.2. The van der Waals surface area contributed by atoms with Crippen LogP contribution in [0.4, 0.5) is 0 Å². The van der Waals surface area contributed by atoms with Gasteiger partial charge in [-0.25, -0.2) is 22.7 Å². The van der Waals surface area contributed by atoms with Gasteiger partial charge in [0, 0.05) is 82.6 Å². The number of aliphatic hydroxyl groups is 4. The van der Waals surface area contributed by atoms with Crippen molar-refractivity contribution in [2.24, 2.45) is 0 Å². The molecule has 0 aliphatic rings. The number of aromatic nitrogens is 7. The number of hydrogen-bond acceptors (Lipinski definition) is 13. The molecule has 4 unspecified atom stereocenters. The summed E-state index contributed by atoms with van der Waals surface area (Å²) >= 11 is 3.46. The fourth-order valence-electron chi connectivity index (χ4n) is 13.2. The number of pyridine rings is 7. The molecule has 11 nitrogen and oxygen atoms in total. The van der Waals surface area contributed by atoms with Gasteiger partial charge in [-0.2, -0.15) is 0 Å². The van der Waals surface area contributed by atoms with E-state index in [2.05, 4.69) is 174 Å². The summed E-state index contributed by atoms with van der Waals surface area (Å²) < 4.78 is 2.52. The summed E-state index contributed by atoms with van der Waals surface area (Å²) in [5.41, 5.74) is 14.2. The summed E-state index contributed by atoms with van der Waals surface area (Å²) in [6.07, 6.45) is 8.61. The van der Waals surface area contributed by atoms with Gasteiger partial charge in [0.05, 0.1) is 35.4 Å². The van der Waals surface area contributed by atoms with Crippen molar-refractivity contribution in [3.05, 3.63) is 443 Å². The Bertz CT molecular complexity index is 6170. The molecule has 0 aliphatic carbocycles. The SMILES string of the molecule is CC(O)CC(C)O.CC(O)CC(C)O.[Ir+3].[Ir].[Ir].[c-]1c(-c2ccccn2)sc2ccccc12.[c-]1c(-c2ccccn2)sc2ccccc12.[c-]1ccccc1-c1ccc2ccccc2n1.[c-]1ccccc1-c1ccc2ccccc2n1.[c-]1ccccc1-c1nccc2ccccc12.[c-]1ccccc1-c1nccc2ccccc12.[c-]1ccccc1-c1nccc2ccccc12. The monoisotopic (exact) mass is 2230 g/mol. The third-order valence-corrected chi connectivity index (χ3v) is 21.1. The minimum atomic E-state index is -0.375. The molecule has 9 heterocycles. The van der Waals surface area contributed by atoms with Gasteiger partial charge in [0.25, 0.3) is 0 Å². The molecule has 2 radical (unpaired) electrons. The molecular formula is C111H90Ir3N7O4S2-4. The predicted molar refractivity (Wildman–Crippen MR) is 514 cm³/mol. The van der Waals surface area contributed by atoms with E-state index in [-0.39, 0.29) is 84.7 Å². The molecule has 21 aromatic rings. The van der Waals surface area contributed by atoms with E-state index >= 15 is 0 Å². The summed E-state index contributed by atoms with van der Waals surface area (Å²) in [6.45, 7) is 6.64. The van der Waals surface area contributed by atoms with Crippen molar-refractivity contribution in [3.63, 3.8) is 0 Å². The maximum absolute atomic E-state index is 8.56. The first-order valence-corrected chi connectivity index (χ1v) is 42.4. The van der Waals surface area contributed by atoms with Gasteiger partial charge < -0.3 is 45.3 Å². The van der Waals surface area contributed by atoms with Crippen molar-refractivity contribution in [1.29, 1.82) is 0 Å². The fourth-order valence-corrected chi connectivity index (χ4v) is 15.2. The van der Waals surface area contributed by atoms with Gasteiger partial charge in [0.1, 0.15) is 0 Å². The maximum atomic E-state index is 8.56. The Labute approximate surface area is 791 Å². The number of fused-ring (bicyclic) bond motifs is 7. The van der Waals surface area contributed by atoms with E-state index in [1.165, 1.54) is 63.3 Å². The number of hydrogen-bond donors (Lipinski definition) is 4. The zero-order valence-corrected chi connectivity index (χ0v) is 78.9. The standard InChI is InChI=1S/5C15H10N.2C13H8NS.2C5H12O2.3Ir/c3*1-2-7-13(8-3-1)15-14-9-5-4-6-12(14)10-11-16-15;2*1-2-6-12(7-3-1)15-11-10-13-8-4-5-9-14(13)16-15;2*1-2-7-12-10(5-1)9-13(15-12)11-6-3-4-8-14-11;2*1-4(6)3-5(2)7;;;/h3*1-7,9-11H;2*1-6,8-11H;2*1-8H;2*4-7H,3H2,1-2H3;;;/q7*-1;;;;;+3. The van der Waals surface area contributed by atoms with Crippen LogP contribution in [0.3, 0.4) is 0 Å². The van der Waals surface area contributed by atoms with Crippen LogP contribution in [0.1, 0.15) is 40.5 Å². The molecule has 0 fully saturated rings. The van der Waals surface area contributed by atoms with Crippen molar-refractivity contribution in [2.45, 2.75) is 65.0 Å². The molecule has 0 bridgehead atoms. The molecule has 9 aromatic heterocycles. The van der Waals surface area contributed by atoms with Gasteiger partial charge in [-0.05, 0) is 174 Å². The first-order valence-electron chi connectivity index (χ1n) is 40.8. The average Bonchev–Trinajstić information content (AvgIpc) is 1.82. The van der Waals surface area contributed by atoms with Gasteiger partial charge in [-0.15, -0.1) is 227 Å².